The van der Waals surface area contributed by atoms with Crippen LogP contribution in [0.3, 0.4) is 0 Å². The number of aromatic amines is 2. The molecule has 5 aromatic rings. The van der Waals surface area contributed by atoms with E-state index in [0.29, 0.717) is 5.75 Å². The highest BCUT2D eigenvalue weighted by atomic mass is 32.2. The maximum absolute atomic E-state index is 11.7. The molecule has 5 rings (SSSR count). The van der Waals surface area contributed by atoms with Gasteiger partial charge >= 0.3 is 0 Å². The number of benzene rings is 3. The molecule has 2 N–H and O–H groups in total. The molecule has 0 unspecified atom stereocenters. The minimum absolute atomic E-state index is 0.0786. The van der Waals surface area contributed by atoms with Crippen molar-refractivity contribution in [3.05, 3.63) is 135 Å². The van der Waals surface area contributed by atoms with Crippen LogP contribution in [0.25, 0.3) is 22.3 Å². The Labute approximate surface area is 242 Å². The van der Waals surface area contributed by atoms with Crippen molar-refractivity contribution in [2.45, 2.75) is 22.6 Å². The van der Waals surface area contributed by atoms with E-state index in [0.717, 1.165) is 34.1 Å². The van der Waals surface area contributed by atoms with Crippen LogP contribution < -0.4 is 15.9 Å². The van der Waals surface area contributed by atoms with Gasteiger partial charge in [-0.2, -0.15) is 0 Å². The van der Waals surface area contributed by atoms with Gasteiger partial charge in [-0.25, -0.2) is 0 Å². The molecular formula is C33H30N2O3S2. The molecule has 0 spiro atoms. The van der Waals surface area contributed by atoms with Gasteiger partial charge in [-0.3, -0.25) is 9.59 Å². The summed E-state index contributed by atoms with van der Waals surface area (Å²) in [6, 6.07) is 31.2. The number of aryl methyl sites for hydroxylation is 2. The molecule has 0 bridgehead atoms. The molecule has 0 amide bonds. The van der Waals surface area contributed by atoms with Crippen molar-refractivity contribution < 1.29 is 4.74 Å². The maximum Gasteiger partial charge on any atom is 0.290 e. The van der Waals surface area contributed by atoms with Crippen LogP contribution in [0.5, 0.6) is 5.75 Å². The first-order valence-electron chi connectivity index (χ1n) is 13.1. The predicted octanol–water partition coefficient (Wildman–Crippen LogP) is 7.08. The van der Waals surface area contributed by atoms with Crippen molar-refractivity contribution >= 4 is 23.5 Å². The smallest absolute Gasteiger partial charge is 0.290 e. The van der Waals surface area contributed by atoms with Crippen LogP contribution in [-0.2, 0) is 12.8 Å². The van der Waals surface area contributed by atoms with Gasteiger partial charge in [0.05, 0.1) is 7.11 Å². The van der Waals surface area contributed by atoms with Crippen LogP contribution in [-0.4, -0.2) is 28.6 Å². The van der Waals surface area contributed by atoms with Gasteiger partial charge in [0.1, 0.15) is 0 Å². The second-order valence-corrected chi connectivity index (χ2v) is 11.6. The van der Waals surface area contributed by atoms with E-state index in [9.17, 15) is 9.59 Å². The summed E-state index contributed by atoms with van der Waals surface area (Å²) >= 11 is 3.44. The third-order valence-electron chi connectivity index (χ3n) is 6.62. The second kappa shape index (κ2) is 13.4. The van der Waals surface area contributed by atoms with Gasteiger partial charge in [-0.05, 0) is 52.3 Å². The Morgan fingerprint density at radius 2 is 1.35 bits per heavy atom. The number of methoxy groups -OCH3 is 1. The molecule has 5 nitrogen and oxygen atoms in total. The third-order valence-corrected chi connectivity index (χ3v) is 8.59. The zero-order chi connectivity index (χ0) is 27.7. The van der Waals surface area contributed by atoms with Crippen molar-refractivity contribution in [1.82, 2.24) is 9.97 Å². The van der Waals surface area contributed by atoms with Crippen LogP contribution in [0.2, 0.25) is 0 Å². The molecule has 0 radical (unpaired) electrons. The van der Waals surface area contributed by atoms with Crippen LogP contribution in [0, 0.1) is 0 Å². The van der Waals surface area contributed by atoms with Gasteiger partial charge in [0, 0.05) is 45.8 Å². The molecule has 0 atom stereocenters. The summed E-state index contributed by atoms with van der Waals surface area (Å²) in [5, 5.41) is 0. The molecule has 2 aromatic heterocycles. The van der Waals surface area contributed by atoms with E-state index in [4.69, 9.17) is 4.74 Å². The van der Waals surface area contributed by atoms with Crippen molar-refractivity contribution in [1.29, 1.82) is 0 Å². The number of rotatable bonds is 11. The highest BCUT2D eigenvalue weighted by Gasteiger charge is 2.11. The van der Waals surface area contributed by atoms with Crippen LogP contribution in [0.15, 0.2) is 123 Å². The molecule has 0 saturated heterocycles. The molecule has 0 aliphatic carbocycles. The molecular weight excluding hydrogens is 537 g/mol. The monoisotopic (exact) mass is 566 g/mol. The van der Waals surface area contributed by atoms with Gasteiger partial charge in [0.25, 0.3) is 5.56 Å². The number of thioether (sulfide) groups is 2. The van der Waals surface area contributed by atoms with Gasteiger partial charge in [0.2, 0.25) is 5.56 Å². The van der Waals surface area contributed by atoms with Gasteiger partial charge in [-0.15, -0.1) is 23.5 Å². The average molecular weight is 567 g/mol. The Kier molecular flexibility index (Phi) is 9.26. The van der Waals surface area contributed by atoms with Crippen molar-refractivity contribution in [2.24, 2.45) is 0 Å². The largest absolute Gasteiger partial charge is 0.491 e. The van der Waals surface area contributed by atoms with E-state index in [1.807, 2.05) is 6.07 Å². The van der Waals surface area contributed by atoms with Crippen LogP contribution >= 0.6 is 23.5 Å². The Hall–Kier alpha value is -3.94. The normalized spacial score (nSPS) is 10.9. The van der Waals surface area contributed by atoms with E-state index in [1.165, 1.54) is 40.5 Å². The minimum atomic E-state index is -0.213. The summed E-state index contributed by atoms with van der Waals surface area (Å²) in [6.07, 6.45) is 5.35. The lowest BCUT2D eigenvalue weighted by Gasteiger charge is -2.15. The molecule has 0 fully saturated rings. The third kappa shape index (κ3) is 6.97. The number of H-pyrrole nitrogens is 2. The Morgan fingerprint density at radius 3 is 2.10 bits per heavy atom. The summed E-state index contributed by atoms with van der Waals surface area (Å²) in [7, 11) is 1.51. The van der Waals surface area contributed by atoms with Gasteiger partial charge in [0.15, 0.2) is 5.75 Å². The Morgan fingerprint density at radius 1 is 0.675 bits per heavy atom. The molecule has 40 heavy (non-hydrogen) atoms. The average Bonchev–Trinajstić information content (AvgIpc) is 3.00. The molecule has 0 saturated carbocycles. The van der Waals surface area contributed by atoms with Gasteiger partial charge < -0.3 is 14.7 Å². The van der Waals surface area contributed by atoms with Crippen LogP contribution in [0.4, 0.5) is 0 Å². The number of hydrogen-bond acceptors (Lipinski definition) is 5. The zero-order valence-corrected chi connectivity index (χ0v) is 23.8. The molecule has 0 aliphatic heterocycles. The summed E-state index contributed by atoms with van der Waals surface area (Å²) < 4.78 is 5.13. The lowest BCUT2D eigenvalue weighted by atomic mass is 9.91. The fourth-order valence-corrected chi connectivity index (χ4v) is 6.32. The van der Waals surface area contributed by atoms with E-state index in [2.05, 4.69) is 82.8 Å². The Bertz CT molecular complexity index is 1670. The molecule has 202 valence electrons. The summed E-state index contributed by atoms with van der Waals surface area (Å²) in [6.45, 7) is 0. The molecule has 2 heterocycles. The number of aromatic nitrogens is 2. The molecule has 7 heteroatoms. The first-order valence-corrected chi connectivity index (χ1v) is 15.1. The minimum Gasteiger partial charge on any atom is -0.491 e. The lowest BCUT2D eigenvalue weighted by Crippen LogP contribution is -2.08. The highest BCUT2D eigenvalue weighted by molar-refractivity contribution is 7.99. The first-order chi connectivity index (χ1) is 19.6. The fourth-order valence-electron chi connectivity index (χ4n) is 4.55. The second-order valence-electron chi connectivity index (χ2n) is 9.22. The van der Waals surface area contributed by atoms with Crippen LogP contribution in [0.1, 0.15) is 11.1 Å². The summed E-state index contributed by atoms with van der Waals surface area (Å²) in [5.74, 6) is 2.15. The number of ether oxygens (including phenoxy) is 1. The number of nitrogens with one attached hydrogen (secondary N) is 2. The number of hydrogen-bond donors (Lipinski definition) is 2. The topological polar surface area (TPSA) is 75.0 Å². The summed E-state index contributed by atoms with van der Waals surface area (Å²) in [4.78, 5) is 30.5. The molecule has 3 aromatic carbocycles. The quantitative estimate of drug-likeness (QED) is 0.167. The maximum atomic E-state index is 11.7. The molecule has 0 aliphatic rings. The lowest BCUT2D eigenvalue weighted by molar-refractivity contribution is 0.407. The van der Waals surface area contributed by atoms with Crippen molar-refractivity contribution in [2.75, 3.05) is 18.6 Å². The van der Waals surface area contributed by atoms with E-state index < -0.39 is 0 Å². The fraction of sp³-hybridized carbons (Fsp3) is 0.152. The van der Waals surface area contributed by atoms with E-state index in [1.54, 1.807) is 48.1 Å². The zero-order valence-electron chi connectivity index (χ0n) is 22.2. The van der Waals surface area contributed by atoms with Crippen molar-refractivity contribution in [3.8, 4) is 28.0 Å². The predicted molar refractivity (Wildman–Crippen MR) is 167 cm³/mol. The first kappa shape index (κ1) is 27.6. The van der Waals surface area contributed by atoms with E-state index in [-0.39, 0.29) is 11.1 Å². The SMILES string of the molecule is COc1cc(SCCc2ccc(-c3ccccc3-c3ccccc3CCSc3ccc(=O)[nH]c3)cc2)c[nH]c1=O. The highest BCUT2D eigenvalue weighted by Crippen LogP contribution is 2.35. The van der Waals surface area contributed by atoms with Gasteiger partial charge in [-0.1, -0.05) is 72.8 Å². The van der Waals surface area contributed by atoms with Crippen molar-refractivity contribution in [3.63, 3.8) is 0 Å². The standard InChI is InChI=1S/C33H30N2O3S2/c1-38-31-20-27(22-35-33(31)37)40-18-16-23-10-12-25(13-11-23)29-8-4-5-9-30(29)28-7-3-2-6-24(28)17-19-39-26-14-15-32(36)34-21-26/h2-15,20-22H,16-19H2,1H3,(H,34,36)(H,35,37). The number of pyridine rings is 2. The van der Waals surface area contributed by atoms with E-state index >= 15 is 0 Å². The Balaban J connectivity index is 1.27. The summed E-state index contributed by atoms with van der Waals surface area (Å²) in [5.41, 5.74) is 7.16.